The molecule has 5 rings (SSSR count). The lowest BCUT2D eigenvalue weighted by Crippen LogP contribution is -2.58. The van der Waals surface area contributed by atoms with Crippen LogP contribution < -0.4 is 5.73 Å². The molecule has 2 amide bonds. The van der Waals surface area contributed by atoms with Gasteiger partial charge in [0.2, 0.25) is 5.91 Å². The van der Waals surface area contributed by atoms with Gasteiger partial charge in [0.1, 0.15) is 0 Å². The highest BCUT2D eigenvalue weighted by molar-refractivity contribution is 5.85. The van der Waals surface area contributed by atoms with E-state index < -0.39 is 30.2 Å². The lowest BCUT2D eigenvalue weighted by molar-refractivity contribution is -0.190. The van der Waals surface area contributed by atoms with Crippen LogP contribution in [-0.4, -0.2) is 57.4 Å². The van der Waals surface area contributed by atoms with Crippen LogP contribution in [0.25, 0.3) is 10.9 Å². The molecule has 2 heterocycles. The Labute approximate surface area is 242 Å². The van der Waals surface area contributed by atoms with Crippen molar-refractivity contribution < 1.29 is 22.8 Å². The highest BCUT2D eigenvalue weighted by Gasteiger charge is 2.46. The third-order valence-corrected chi connectivity index (χ3v) is 7.93. The van der Waals surface area contributed by atoms with Gasteiger partial charge in [0.05, 0.1) is 11.6 Å². The first-order valence-corrected chi connectivity index (χ1v) is 14.0. The number of nitrogens with two attached hydrogens (primary N) is 1. The van der Waals surface area contributed by atoms with Crippen molar-refractivity contribution >= 4 is 22.7 Å². The van der Waals surface area contributed by atoms with Gasteiger partial charge in [-0.1, -0.05) is 78.9 Å². The quantitative estimate of drug-likeness (QED) is 0.310. The largest absolute Gasteiger partial charge is 0.471 e. The molecule has 6 nitrogen and oxygen atoms in total. The van der Waals surface area contributed by atoms with Crippen molar-refractivity contribution in [3.63, 3.8) is 0 Å². The molecule has 218 valence electrons. The summed E-state index contributed by atoms with van der Waals surface area (Å²) in [6.07, 6.45) is -2.30. The molecule has 2 N–H and O–H groups in total. The van der Waals surface area contributed by atoms with Crippen LogP contribution in [0.2, 0.25) is 0 Å². The molecule has 1 aliphatic heterocycles. The maximum Gasteiger partial charge on any atom is 0.471 e. The molecule has 0 spiro atoms. The fourth-order valence-electron chi connectivity index (χ4n) is 5.86. The summed E-state index contributed by atoms with van der Waals surface area (Å²) < 4.78 is 41.8. The normalized spacial score (nSPS) is 18.0. The van der Waals surface area contributed by atoms with Crippen LogP contribution in [-0.2, 0) is 29.0 Å². The van der Waals surface area contributed by atoms with Gasteiger partial charge in [-0.05, 0) is 54.5 Å². The van der Waals surface area contributed by atoms with Crippen LogP contribution in [0.4, 0.5) is 13.2 Å². The fraction of sp³-hybridized carbons (Fsp3) is 0.303. The number of halogens is 3. The number of amides is 2. The summed E-state index contributed by atoms with van der Waals surface area (Å²) in [4.78, 5) is 33.5. The van der Waals surface area contributed by atoms with Gasteiger partial charge in [-0.3, -0.25) is 14.6 Å². The minimum atomic E-state index is -5.04. The van der Waals surface area contributed by atoms with E-state index in [1.165, 1.54) is 0 Å². The first kappa shape index (κ1) is 29.3. The van der Waals surface area contributed by atoms with Gasteiger partial charge in [-0.15, -0.1) is 0 Å². The number of pyridine rings is 1. The maximum absolute atomic E-state index is 13.9. The summed E-state index contributed by atoms with van der Waals surface area (Å²) in [6, 6.07) is 25.9. The van der Waals surface area contributed by atoms with Crippen LogP contribution in [0.1, 0.15) is 29.5 Å². The highest BCUT2D eigenvalue weighted by Crippen LogP contribution is 2.31. The number of alkyl halides is 3. The second-order valence-corrected chi connectivity index (χ2v) is 10.8. The van der Waals surface area contributed by atoms with Crippen molar-refractivity contribution in [1.29, 1.82) is 0 Å². The molecule has 4 aromatic rings. The Bertz CT molecular complexity index is 1510. The number of hydrogen-bond donors (Lipinski definition) is 1. The number of nitrogens with zero attached hydrogens (tertiary/aromatic N) is 3. The number of rotatable bonds is 8. The lowest BCUT2D eigenvalue weighted by Gasteiger charge is -2.44. The Morgan fingerprint density at radius 3 is 2.26 bits per heavy atom. The van der Waals surface area contributed by atoms with E-state index in [1.807, 2.05) is 60.7 Å². The van der Waals surface area contributed by atoms with Crippen LogP contribution in [0.5, 0.6) is 0 Å². The zero-order chi connectivity index (χ0) is 29.7. The summed E-state index contributed by atoms with van der Waals surface area (Å²) in [7, 11) is 0. The molecule has 0 saturated carbocycles. The summed E-state index contributed by atoms with van der Waals surface area (Å²) in [6.45, 7) is -0.0201. The van der Waals surface area contributed by atoms with E-state index >= 15 is 0 Å². The first-order chi connectivity index (χ1) is 20.2. The minimum absolute atomic E-state index is 0.197. The minimum Gasteiger partial charge on any atom is -0.338 e. The maximum atomic E-state index is 13.9. The van der Waals surface area contributed by atoms with Crippen LogP contribution in [0.3, 0.4) is 0 Å². The average Bonchev–Trinajstić information content (AvgIpc) is 3.00. The van der Waals surface area contributed by atoms with E-state index in [1.54, 1.807) is 41.4 Å². The van der Waals surface area contributed by atoms with Crippen molar-refractivity contribution in [2.75, 3.05) is 6.54 Å². The van der Waals surface area contributed by atoms with Crippen LogP contribution >= 0.6 is 0 Å². The van der Waals surface area contributed by atoms with Crippen molar-refractivity contribution in [1.82, 2.24) is 14.8 Å². The molecule has 9 heteroatoms. The van der Waals surface area contributed by atoms with Gasteiger partial charge >= 0.3 is 12.1 Å². The van der Waals surface area contributed by atoms with E-state index in [9.17, 15) is 22.8 Å². The van der Waals surface area contributed by atoms with Crippen LogP contribution in [0, 0.1) is 0 Å². The number of para-hydroxylation sites is 1. The van der Waals surface area contributed by atoms with Gasteiger partial charge in [-0.25, -0.2) is 0 Å². The van der Waals surface area contributed by atoms with Crippen molar-refractivity contribution in [2.45, 2.75) is 56.5 Å². The standard InChI is InChI=1S/C33H33F3N4O2/c34-33(35,36)32(42)40(22-25-15-17-38-30-14-8-7-13-28(25)30)26-16-18-39(27(21-26)19-23-9-3-1-4-10-23)31(41)29(37)20-24-11-5-2-6-12-24/h1-15,17,26-27,29H,16,18-22,37H2/t26-,27+,29?/m0/s1. The topological polar surface area (TPSA) is 79.5 Å². The molecule has 0 bridgehead atoms. The van der Waals surface area contributed by atoms with E-state index in [0.717, 1.165) is 16.0 Å². The second kappa shape index (κ2) is 12.7. The molecule has 1 aromatic heterocycles. The molecule has 1 aliphatic rings. The monoisotopic (exact) mass is 574 g/mol. The number of fused-ring (bicyclic) bond motifs is 1. The molecule has 1 unspecified atom stereocenters. The zero-order valence-electron chi connectivity index (χ0n) is 23.1. The number of carbonyl (C=O) groups excluding carboxylic acids is 2. The molecule has 3 atom stereocenters. The Balaban J connectivity index is 1.43. The Kier molecular flexibility index (Phi) is 8.87. The van der Waals surface area contributed by atoms with E-state index in [-0.39, 0.29) is 31.8 Å². The van der Waals surface area contributed by atoms with Gasteiger partial charge in [0, 0.05) is 36.8 Å². The first-order valence-electron chi connectivity index (χ1n) is 14.0. The molecular weight excluding hydrogens is 541 g/mol. The molecule has 0 radical (unpaired) electrons. The van der Waals surface area contributed by atoms with E-state index in [4.69, 9.17) is 5.73 Å². The number of piperidine rings is 1. The predicted molar refractivity (Wildman–Crippen MR) is 155 cm³/mol. The summed E-state index contributed by atoms with van der Waals surface area (Å²) in [5.41, 5.74) is 9.49. The smallest absolute Gasteiger partial charge is 0.338 e. The molecule has 1 fully saturated rings. The van der Waals surface area contributed by atoms with Gasteiger partial charge < -0.3 is 15.5 Å². The van der Waals surface area contributed by atoms with Crippen LogP contribution in [0.15, 0.2) is 97.2 Å². The van der Waals surface area contributed by atoms with Crippen molar-refractivity contribution in [2.24, 2.45) is 5.73 Å². The molecular formula is C33H33F3N4O2. The number of benzene rings is 3. The summed E-state index contributed by atoms with van der Waals surface area (Å²) in [5.74, 6) is -2.13. The van der Waals surface area contributed by atoms with Gasteiger partial charge in [0.25, 0.3) is 0 Å². The highest BCUT2D eigenvalue weighted by atomic mass is 19.4. The Hall–Kier alpha value is -4.24. The second-order valence-electron chi connectivity index (χ2n) is 10.8. The third-order valence-electron chi connectivity index (χ3n) is 7.93. The molecule has 0 aliphatic carbocycles. The number of carbonyl (C=O) groups is 2. The Morgan fingerprint density at radius 2 is 1.57 bits per heavy atom. The molecule has 3 aromatic carbocycles. The summed E-state index contributed by atoms with van der Waals surface area (Å²) in [5, 5.41) is 0.695. The van der Waals surface area contributed by atoms with E-state index in [0.29, 0.717) is 29.3 Å². The number of aromatic nitrogens is 1. The third kappa shape index (κ3) is 6.79. The van der Waals surface area contributed by atoms with Crippen molar-refractivity contribution in [3.05, 3.63) is 114 Å². The zero-order valence-corrected chi connectivity index (χ0v) is 23.1. The number of likely N-dealkylation sites (tertiary alicyclic amines) is 1. The molecule has 1 saturated heterocycles. The van der Waals surface area contributed by atoms with Gasteiger partial charge in [-0.2, -0.15) is 13.2 Å². The van der Waals surface area contributed by atoms with E-state index in [2.05, 4.69) is 4.98 Å². The van der Waals surface area contributed by atoms with Crippen molar-refractivity contribution in [3.8, 4) is 0 Å². The average molecular weight is 575 g/mol. The molecule has 42 heavy (non-hydrogen) atoms. The number of hydrogen-bond acceptors (Lipinski definition) is 4. The predicted octanol–water partition coefficient (Wildman–Crippen LogP) is 5.30. The summed E-state index contributed by atoms with van der Waals surface area (Å²) >= 11 is 0. The Morgan fingerprint density at radius 1 is 0.929 bits per heavy atom. The SMILES string of the molecule is NC(Cc1ccccc1)C(=O)N1CC[C@H](N(Cc2ccnc3ccccc23)C(=O)C(F)(F)F)C[C@H]1Cc1ccccc1. The fourth-order valence-corrected chi connectivity index (χ4v) is 5.86. The van der Waals surface area contributed by atoms with Gasteiger partial charge in [0.15, 0.2) is 0 Å². The lowest BCUT2D eigenvalue weighted by atomic mass is 9.89.